The SMILES string of the molecule is CN1CCN(NCc2cc3c(c4c2C(=O)NC4=O)c2ccccc2n3C)CC1. The summed E-state index contributed by atoms with van der Waals surface area (Å²) in [5, 5.41) is 6.55. The molecule has 144 valence electrons. The van der Waals surface area contributed by atoms with Crippen molar-refractivity contribution in [3.8, 4) is 0 Å². The fourth-order valence-corrected chi connectivity index (χ4v) is 4.38. The van der Waals surface area contributed by atoms with Crippen molar-refractivity contribution < 1.29 is 9.59 Å². The van der Waals surface area contributed by atoms with E-state index in [-0.39, 0.29) is 11.8 Å². The van der Waals surface area contributed by atoms with Crippen LogP contribution in [0.2, 0.25) is 0 Å². The molecule has 0 radical (unpaired) electrons. The van der Waals surface area contributed by atoms with Gasteiger partial charge in [-0.1, -0.05) is 18.2 Å². The number of para-hydroxylation sites is 1. The van der Waals surface area contributed by atoms with Crippen LogP contribution >= 0.6 is 0 Å². The zero-order chi connectivity index (χ0) is 19.4. The second-order valence-corrected chi connectivity index (χ2v) is 7.66. The maximum atomic E-state index is 12.7. The van der Waals surface area contributed by atoms with Gasteiger partial charge in [0.15, 0.2) is 0 Å². The molecule has 5 rings (SSSR count). The molecule has 0 atom stereocenters. The van der Waals surface area contributed by atoms with Crippen LogP contribution in [0.25, 0.3) is 21.8 Å². The van der Waals surface area contributed by atoms with Gasteiger partial charge < -0.3 is 9.47 Å². The predicted octanol–water partition coefficient (Wildman–Crippen LogP) is 1.47. The third-order valence-corrected chi connectivity index (χ3v) is 5.96. The van der Waals surface area contributed by atoms with E-state index in [0.717, 1.165) is 53.5 Å². The second-order valence-electron chi connectivity index (χ2n) is 7.66. The first-order chi connectivity index (χ1) is 13.5. The highest BCUT2D eigenvalue weighted by Crippen LogP contribution is 2.36. The highest BCUT2D eigenvalue weighted by molar-refractivity contribution is 6.30. The maximum Gasteiger partial charge on any atom is 0.259 e. The Balaban J connectivity index is 1.63. The highest BCUT2D eigenvalue weighted by Gasteiger charge is 2.33. The molecule has 2 N–H and O–H groups in total. The molecule has 0 unspecified atom stereocenters. The van der Waals surface area contributed by atoms with Crippen LogP contribution < -0.4 is 10.7 Å². The number of likely N-dealkylation sites (N-methyl/N-ethyl adjacent to an activating group) is 1. The van der Waals surface area contributed by atoms with Gasteiger partial charge in [0, 0.05) is 56.1 Å². The van der Waals surface area contributed by atoms with E-state index in [4.69, 9.17) is 0 Å². The zero-order valence-corrected chi connectivity index (χ0v) is 16.1. The third kappa shape index (κ3) is 2.55. The maximum absolute atomic E-state index is 12.7. The van der Waals surface area contributed by atoms with E-state index in [0.29, 0.717) is 17.7 Å². The lowest BCUT2D eigenvalue weighted by Crippen LogP contribution is -2.50. The Morgan fingerprint density at radius 3 is 2.46 bits per heavy atom. The van der Waals surface area contributed by atoms with Gasteiger partial charge in [0.1, 0.15) is 0 Å². The topological polar surface area (TPSA) is 69.6 Å². The molecule has 1 saturated heterocycles. The molecule has 3 aromatic rings. The van der Waals surface area contributed by atoms with Crippen LogP contribution in [0.15, 0.2) is 30.3 Å². The summed E-state index contributed by atoms with van der Waals surface area (Å²) in [4.78, 5) is 27.5. The Labute approximate surface area is 162 Å². The quantitative estimate of drug-likeness (QED) is 0.677. The molecule has 1 fully saturated rings. The second kappa shape index (κ2) is 6.41. The number of nitrogens with one attached hydrogen (secondary N) is 2. The number of hydrazine groups is 1. The van der Waals surface area contributed by atoms with Gasteiger partial charge in [0.25, 0.3) is 11.8 Å². The molecule has 1 aromatic heterocycles. The monoisotopic (exact) mass is 377 g/mol. The van der Waals surface area contributed by atoms with E-state index in [9.17, 15) is 9.59 Å². The van der Waals surface area contributed by atoms with Gasteiger partial charge in [-0.2, -0.15) is 0 Å². The Hall–Kier alpha value is -2.74. The molecule has 0 saturated carbocycles. The van der Waals surface area contributed by atoms with Crippen molar-refractivity contribution in [2.75, 3.05) is 33.2 Å². The number of benzene rings is 2. The Bertz CT molecular complexity index is 1120. The van der Waals surface area contributed by atoms with Crippen molar-refractivity contribution in [3.63, 3.8) is 0 Å². The summed E-state index contributed by atoms with van der Waals surface area (Å²) in [5.74, 6) is -0.604. The van der Waals surface area contributed by atoms with Gasteiger partial charge in [0.05, 0.1) is 16.6 Å². The van der Waals surface area contributed by atoms with Gasteiger partial charge in [-0.15, -0.1) is 0 Å². The summed E-state index contributed by atoms with van der Waals surface area (Å²) in [6.07, 6.45) is 0. The molecule has 2 aromatic carbocycles. The Morgan fingerprint density at radius 1 is 0.964 bits per heavy atom. The molecule has 2 amide bonds. The van der Waals surface area contributed by atoms with Crippen molar-refractivity contribution in [2.24, 2.45) is 7.05 Å². The van der Waals surface area contributed by atoms with Crippen LogP contribution in [0.4, 0.5) is 0 Å². The number of aromatic nitrogens is 1. The van der Waals surface area contributed by atoms with E-state index in [2.05, 4.69) is 38.3 Å². The number of imide groups is 1. The smallest absolute Gasteiger partial charge is 0.259 e. The number of carbonyl (C=O) groups excluding carboxylic acids is 2. The normalized spacial score (nSPS) is 18.2. The molecule has 2 aliphatic rings. The molecule has 28 heavy (non-hydrogen) atoms. The minimum Gasteiger partial charge on any atom is -0.344 e. The number of hydrogen-bond donors (Lipinski definition) is 2. The minimum absolute atomic E-state index is 0.301. The lowest BCUT2D eigenvalue weighted by molar-refractivity contribution is 0.0878. The standard InChI is InChI=1S/C21H23N5O2/c1-24-7-9-26(10-8-24)22-12-13-11-16-18(19-17(13)20(27)23-21(19)28)14-5-3-4-6-15(14)25(16)2/h3-6,11,22H,7-10,12H2,1-2H3,(H,23,27,28). The van der Waals surface area contributed by atoms with Crippen LogP contribution in [0.1, 0.15) is 26.3 Å². The summed E-state index contributed by atoms with van der Waals surface area (Å²) in [5.41, 5.74) is 7.35. The van der Waals surface area contributed by atoms with Gasteiger partial charge in [-0.05, 0) is 24.7 Å². The van der Waals surface area contributed by atoms with Crippen LogP contribution in [0.3, 0.4) is 0 Å². The summed E-state index contributed by atoms with van der Waals surface area (Å²) in [6, 6.07) is 10.1. The van der Waals surface area contributed by atoms with Crippen molar-refractivity contribution in [1.29, 1.82) is 0 Å². The van der Waals surface area contributed by atoms with Gasteiger partial charge >= 0.3 is 0 Å². The first-order valence-corrected chi connectivity index (χ1v) is 9.60. The summed E-state index contributed by atoms with van der Waals surface area (Å²) in [7, 11) is 4.12. The van der Waals surface area contributed by atoms with E-state index in [1.807, 2.05) is 31.3 Å². The van der Waals surface area contributed by atoms with Crippen LogP contribution in [0.5, 0.6) is 0 Å². The number of hydrogen-bond acceptors (Lipinski definition) is 5. The number of carbonyl (C=O) groups is 2. The first kappa shape index (κ1) is 17.4. The van der Waals surface area contributed by atoms with E-state index in [1.165, 1.54) is 0 Å². The van der Waals surface area contributed by atoms with Crippen molar-refractivity contribution in [2.45, 2.75) is 6.54 Å². The van der Waals surface area contributed by atoms with E-state index >= 15 is 0 Å². The van der Waals surface area contributed by atoms with Gasteiger partial charge in [-0.3, -0.25) is 20.3 Å². The van der Waals surface area contributed by atoms with Crippen LogP contribution in [-0.2, 0) is 13.6 Å². The number of nitrogens with zero attached hydrogens (tertiary/aromatic N) is 3. The molecule has 0 aliphatic carbocycles. The van der Waals surface area contributed by atoms with Crippen molar-refractivity contribution >= 4 is 33.6 Å². The number of piperazine rings is 1. The molecule has 3 heterocycles. The summed E-state index contributed by atoms with van der Waals surface area (Å²) < 4.78 is 2.10. The average molecular weight is 377 g/mol. The van der Waals surface area contributed by atoms with Gasteiger partial charge in [-0.25, -0.2) is 5.01 Å². The van der Waals surface area contributed by atoms with E-state index < -0.39 is 0 Å². The van der Waals surface area contributed by atoms with Gasteiger partial charge in [0.2, 0.25) is 0 Å². The molecule has 0 bridgehead atoms. The predicted molar refractivity (Wildman–Crippen MR) is 108 cm³/mol. The summed E-state index contributed by atoms with van der Waals surface area (Å²) >= 11 is 0. The molecule has 7 heteroatoms. The number of amides is 2. The lowest BCUT2D eigenvalue weighted by atomic mass is 9.97. The third-order valence-electron chi connectivity index (χ3n) is 5.96. The number of rotatable bonds is 3. The largest absolute Gasteiger partial charge is 0.344 e. The Morgan fingerprint density at radius 2 is 1.68 bits per heavy atom. The fraction of sp³-hybridized carbons (Fsp3) is 0.333. The van der Waals surface area contributed by atoms with Crippen LogP contribution in [0, 0.1) is 0 Å². The number of aryl methyl sites for hydroxylation is 1. The minimum atomic E-state index is -0.303. The molecular weight excluding hydrogens is 354 g/mol. The molecule has 0 spiro atoms. The molecule has 7 nitrogen and oxygen atoms in total. The first-order valence-electron chi connectivity index (χ1n) is 9.60. The molecular formula is C21H23N5O2. The Kier molecular flexibility index (Phi) is 3.97. The zero-order valence-electron chi connectivity index (χ0n) is 16.1. The van der Waals surface area contributed by atoms with Crippen molar-refractivity contribution in [3.05, 3.63) is 47.0 Å². The van der Waals surface area contributed by atoms with Crippen molar-refractivity contribution in [1.82, 2.24) is 25.2 Å². The van der Waals surface area contributed by atoms with E-state index in [1.54, 1.807) is 0 Å². The highest BCUT2D eigenvalue weighted by atomic mass is 16.2. The fourth-order valence-electron chi connectivity index (χ4n) is 4.38. The number of fused-ring (bicyclic) bond motifs is 5. The summed E-state index contributed by atoms with van der Waals surface area (Å²) in [6.45, 7) is 4.39. The van der Waals surface area contributed by atoms with Crippen LogP contribution in [-0.4, -0.2) is 59.5 Å². The molecule has 2 aliphatic heterocycles. The average Bonchev–Trinajstić information content (AvgIpc) is 3.15. The lowest BCUT2D eigenvalue weighted by Gasteiger charge is -2.32.